The number of ether oxygens (including phenoxy) is 1. The number of carbonyl (C=O) groups excluding carboxylic acids is 1. The molecule has 0 spiro atoms. The lowest BCUT2D eigenvalue weighted by Gasteiger charge is -2.29. The average molecular weight is 329 g/mol. The van der Waals surface area contributed by atoms with Gasteiger partial charge in [-0.1, -0.05) is 0 Å². The van der Waals surface area contributed by atoms with Crippen LogP contribution in [-0.2, 0) is 4.74 Å². The van der Waals surface area contributed by atoms with Gasteiger partial charge in [0, 0.05) is 24.1 Å². The third-order valence-electron chi connectivity index (χ3n) is 4.22. The second kappa shape index (κ2) is 6.47. The van der Waals surface area contributed by atoms with Gasteiger partial charge in [-0.2, -0.15) is 0 Å². The van der Waals surface area contributed by atoms with Crippen molar-refractivity contribution < 1.29 is 14.6 Å². The fourth-order valence-electron chi connectivity index (χ4n) is 3.19. The number of piperidine rings is 1. The van der Waals surface area contributed by atoms with Crippen LogP contribution in [0.5, 0.6) is 0 Å². The van der Waals surface area contributed by atoms with Crippen molar-refractivity contribution in [1.29, 1.82) is 0 Å². The molecule has 1 aliphatic heterocycles. The van der Waals surface area contributed by atoms with Crippen molar-refractivity contribution in [3.8, 4) is 0 Å². The molecular formula is C17H24BN3O3. The zero-order chi connectivity index (χ0) is 17.3. The minimum Gasteiger partial charge on any atom is -0.448 e. The Bertz CT molecular complexity index is 745. The molecule has 128 valence electrons. The Morgan fingerprint density at radius 2 is 1.96 bits per heavy atom. The van der Waals surface area contributed by atoms with Gasteiger partial charge in [-0.3, -0.25) is 9.55 Å². The number of carbonyl (C=O) groups is 1. The highest BCUT2D eigenvalue weighted by molar-refractivity contribution is 6.46. The summed E-state index contributed by atoms with van der Waals surface area (Å²) in [7, 11) is -0.229. The van der Waals surface area contributed by atoms with Gasteiger partial charge < -0.3 is 14.7 Å². The van der Waals surface area contributed by atoms with Crippen LogP contribution in [0.15, 0.2) is 18.5 Å². The predicted octanol–water partition coefficient (Wildman–Crippen LogP) is 1.78. The van der Waals surface area contributed by atoms with E-state index in [2.05, 4.69) is 9.88 Å². The maximum absolute atomic E-state index is 12.6. The van der Waals surface area contributed by atoms with Crippen molar-refractivity contribution in [2.24, 2.45) is 0 Å². The van der Waals surface area contributed by atoms with Crippen molar-refractivity contribution in [3.05, 3.63) is 18.5 Å². The van der Waals surface area contributed by atoms with Gasteiger partial charge >= 0.3 is 13.6 Å². The molecular weight excluding hydrogens is 305 g/mol. The van der Waals surface area contributed by atoms with Gasteiger partial charge in [-0.15, -0.1) is 0 Å². The monoisotopic (exact) mass is 329 g/mol. The Labute approximate surface area is 142 Å². The molecule has 1 aliphatic rings. The minimum absolute atomic E-state index is 0.229. The standard InChI is InChI=1S/C17H24BN3O3/c1-17(2,3)24-16(22)21-14-11-19-10-13(12(14)9-15(21)18-23)20-7-5-4-6-8-20/h9-11,18,23H,4-8H2,1-3H3. The van der Waals surface area contributed by atoms with Crippen LogP contribution in [0, 0.1) is 0 Å². The third kappa shape index (κ3) is 3.26. The summed E-state index contributed by atoms with van der Waals surface area (Å²) in [5.41, 5.74) is 1.62. The highest BCUT2D eigenvalue weighted by Crippen LogP contribution is 2.28. The van der Waals surface area contributed by atoms with Crippen molar-refractivity contribution in [2.45, 2.75) is 45.6 Å². The quantitative estimate of drug-likeness (QED) is 0.851. The van der Waals surface area contributed by atoms with Gasteiger partial charge in [0.2, 0.25) is 0 Å². The normalized spacial score (nSPS) is 15.6. The first-order valence-electron chi connectivity index (χ1n) is 8.48. The summed E-state index contributed by atoms with van der Waals surface area (Å²) >= 11 is 0. The summed E-state index contributed by atoms with van der Waals surface area (Å²) < 4.78 is 6.92. The van der Waals surface area contributed by atoms with Gasteiger partial charge in [0.25, 0.3) is 0 Å². The Hall–Kier alpha value is -2.02. The van der Waals surface area contributed by atoms with E-state index in [-0.39, 0.29) is 7.48 Å². The number of rotatable bonds is 2. The number of fused-ring (bicyclic) bond motifs is 1. The third-order valence-corrected chi connectivity index (χ3v) is 4.22. The fraction of sp³-hybridized carbons (Fsp3) is 0.529. The zero-order valence-corrected chi connectivity index (χ0v) is 14.6. The van der Waals surface area contributed by atoms with E-state index >= 15 is 0 Å². The van der Waals surface area contributed by atoms with Crippen molar-refractivity contribution in [1.82, 2.24) is 9.55 Å². The van der Waals surface area contributed by atoms with E-state index in [4.69, 9.17) is 4.74 Å². The van der Waals surface area contributed by atoms with Gasteiger partial charge in [0.05, 0.1) is 23.6 Å². The maximum Gasteiger partial charge on any atom is 0.418 e. The van der Waals surface area contributed by atoms with Crippen LogP contribution in [-0.4, -0.2) is 46.8 Å². The highest BCUT2D eigenvalue weighted by atomic mass is 16.6. The highest BCUT2D eigenvalue weighted by Gasteiger charge is 2.24. The molecule has 6 nitrogen and oxygen atoms in total. The van der Waals surface area contributed by atoms with Crippen molar-refractivity contribution in [2.75, 3.05) is 18.0 Å². The Morgan fingerprint density at radius 1 is 1.25 bits per heavy atom. The number of aromatic nitrogens is 2. The molecule has 0 aromatic carbocycles. The van der Waals surface area contributed by atoms with E-state index in [9.17, 15) is 9.82 Å². The molecule has 0 amide bonds. The van der Waals surface area contributed by atoms with Crippen LogP contribution >= 0.6 is 0 Å². The van der Waals surface area contributed by atoms with Crippen LogP contribution in [0.4, 0.5) is 10.5 Å². The summed E-state index contributed by atoms with van der Waals surface area (Å²) in [6.45, 7) is 7.46. The van der Waals surface area contributed by atoms with E-state index in [1.807, 2.05) is 33.0 Å². The number of hydrogen-bond donors (Lipinski definition) is 1. The topological polar surface area (TPSA) is 67.6 Å². The molecule has 1 fully saturated rings. The summed E-state index contributed by atoms with van der Waals surface area (Å²) in [5.74, 6) is 0. The minimum atomic E-state index is -0.599. The molecule has 0 bridgehead atoms. The first-order valence-corrected chi connectivity index (χ1v) is 8.48. The molecule has 24 heavy (non-hydrogen) atoms. The molecule has 0 aliphatic carbocycles. The number of hydrogen-bond acceptors (Lipinski definition) is 5. The Morgan fingerprint density at radius 3 is 2.58 bits per heavy atom. The van der Waals surface area contributed by atoms with E-state index in [0.29, 0.717) is 11.1 Å². The van der Waals surface area contributed by atoms with E-state index < -0.39 is 11.7 Å². The van der Waals surface area contributed by atoms with Gasteiger partial charge in [0.1, 0.15) is 5.60 Å². The molecule has 3 heterocycles. The van der Waals surface area contributed by atoms with Gasteiger partial charge in [0.15, 0.2) is 0 Å². The number of nitrogens with zero attached hydrogens (tertiary/aromatic N) is 3. The first kappa shape index (κ1) is 16.8. The summed E-state index contributed by atoms with van der Waals surface area (Å²) in [5, 5.41) is 10.6. The SMILES string of the molecule is CC(C)(C)OC(=O)n1c(BO)cc2c(N3CCCCC3)cncc21. The molecule has 0 radical (unpaired) electrons. The maximum atomic E-state index is 12.6. The van der Waals surface area contributed by atoms with Gasteiger partial charge in [-0.05, 0) is 46.1 Å². The smallest absolute Gasteiger partial charge is 0.418 e. The summed E-state index contributed by atoms with van der Waals surface area (Å²) in [6, 6.07) is 1.87. The van der Waals surface area contributed by atoms with Crippen molar-refractivity contribution >= 4 is 35.8 Å². The second-order valence-corrected chi connectivity index (χ2v) is 7.25. The molecule has 2 aromatic rings. The summed E-state index contributed by atoms with van der Waals surface area (Å²) in [4.78, 5) is 19.2. The van der Waals surface area contributed by atoms with Crippen LogP contribution in [0.1, 0.15) is 40.0 Å². The average Bonchev–Trinajstić information content (AvgIpc) is 2.92. The fourth-order valence-corrected chi connectivity index (χ4v) is 3.19. The van der Waals surface area contributed by atoms with Gasteiger partial charge in [-0.25, -0.2) is 4.79 Å². The van der Waals surface area contributed by atoms with E-state index in [0.717, 1.165) is 37.0 Å². The summed E-state index contributed by atoms with van der Waals surface area (Å²) in [6.07, 6.45) is 6.59. The number of anilines is 1. The lowest BCUT2D eigenvalue weighted by molar-refractivity contribution is 0.0549. The molecule has 2 aromatic heterocycles. The van der Waals surface area contributed by atoms with Crippen LogP contribution < -0.4 is 10.5 Å². The molecule has 0 atom stereocenters. The van der Waals surface area contributed by atoms with E-state index in [1.54, 1.807) is 6.20 Å². The predicted molar refractivity (Wildman–Crippen MR) is 96.4 cm³/mol. The lowest BCUT2D eigenvalue weighted by atomic mass is 9.96. The Kier molecular flexibility index (Phi) is 4.54. The van der Waals surface area contributed by atoms with E-state index in [1.165, 1.54) is 11.0 Å². The van der Waals surface area contributed by atoms with Crippen LogP contribution in [0.25, 0.3) is 10.9 Å². The van der Waals surface area contributed by atoms with Crippen LogP contribution in [0.3, 0.4) is 0 Å². The largest absolute Gasteiger partial charge is 0.448 e. The molecule has 1 saturated heterocycles. The number of pyridine rings is 1. The molecule has 7 heteroatoms. The lowest BCUT2D eigenvalue weighted by Crippen LogP contribution is -2.34. The van der Waals surface area contributed by atoms with Crippen LogP contribution in [0.2, 0.25) is 0 Å². The Balaban J connectivity index is 2.08. The zero-order valence-electron chi connectivity index (χ0n) is 14.6. The molecule has 1 N–H and O–H groups in total. The molecule has 0 unspecified atom stereocenters. The second-order valence-electron chi connectivity index (χ2n) is 7.25. The molecule has 0 saturated carbocycles. The molecule has 3 rings (SSSR count). The first-order chi connectivity index (χ1) is 11.4. The van der Waals surface area contributed by atoms with Crippen molar-refractivity contribution in [3.63, 3.8) is 0 Å².